The van der Waals surface area contributed by atoms with E-state index in [9.17, 15) is 9.59 Å². The molecule has 0 aromatic heterocycles. The van der Waals surface area contributed by atoms with Crippen molar-refractivity contribution >= 4 is 11.8 Å². The van der Waals surface area contributed by atoms with Crippen molar-refractivity contribution < 1.29 is 23.8 Å². The number of benzene rings is 2. The Hall–Kier alpha value is -3.22. The molecule has 7 nitrogen and oxygen atoms in total. The third-order valence-corrected chi connectivity index (χ3v) is 3.97. The molecule has 0 radical (unpaired) electrons. The minimum absolute atomic E-state index is 0.0673. The molecule has 0 aliphatic carbocycles. The SMILES string of the molecule is Cc1ccc(OCC(=O)NNC(=O)C2COc3ccccc3O2)cc1C. The molecule has 2 N–H and O–H groups in total. The molecule has 0 saturated carbocycles. The molecule has 0 saturated heterocycles. The minimum Gasteiger partial charge on any atom is -0.485 e. The number of para-hydroxylation sites is 2. The van der Waals surface area contributed by atoms with Crippen LogP contribution in [0.15, 0.2) is 42.5 Å². The number of amides is 2. The van der Waals surface area contributed by atoms with Crippen molar-refractivity contribution in [3.05, 3.63) is 53.6 Å². The predicted molar refractivity (Wildman–Crippen MR) is 94.0 cm³/mol. The Labute approximate surface area is 151 Å². The largest absolute Gasteiger partial charge is 0.485 e. The van der Waals surface area contributed by atoms with E-state index in [0.29, 0.717) is 17.2 Å². The van der Waals surface area contributed by atoms with E-state index in [1.165, 1.54) is 0 Å². The third-order valence-electron chi connectivity index (χ3n) is 3.97. The van der Waals surface area contributed by atoms with Crippen LogP contribution in [-0.2, 0) is 9.59 Å². The van der Waals surface area contributed by atoms with Gasteiger partial charge in [-0.05, 0) is 49.2 Å². The maximum Gasteiger partial charge on any atom is 0.283 e. The van der Waals surface area contributed by atoms with Gasteiger partial charge in [-0.15, -0.1) is 0 Å². The Morgan fingerprint density at radius 2 is 1.85 bits per heavy atom. The van der Waals surface area contributed by atoms with Gasteiger partial charge in [-0.3, -0.25) is 20.4 Å². The van der Waals surface area contributed by atoms with Crippen molar-refractivity contribution in [2.24, 2.45) is 0 Å². The van der Waals surface area contributed by atoms with Crippen LogP contribution in [0.2, 0.25) is 0 Å². The number of nitrogens with one attached hydrogen (secondary N) is 2. The van der Waals surface area contributed by atoms with Gasteiger partial charge in [0.05, 0.1) is 0 Å². The van der Waals surface area contributed by atoms with Crippen LogP contribution in [0.4, 0.5) is 0 Å². The summed E-state index contributed by atoms with van der Waals surface area (Å²) in [6.07, 6.45) is -0.842. The van der Waals surface area contributed by atoms with Gasteiger partial charge in [-0.2, -0.15) is 0 Å². The van der Waals surface area contributed by atoms with Gasteiger partial charge in [-0.25, -0.2) is 0 Å². The fourth-order valence-electron chi connectivity index (χ4n) is 2.35. The molecule has 136 valence electrons. The fraction of sp³-hybridized carbons (Fsp3) is 0.263. The quantitative estimate of drug-likeness (QED) is 0.814. The highest BCUT2D eigenvalue weighted by Gasteiger charge is 2.27. The number of rotatable bonds is 4. The molecule has 1 atom stereocenters. The molecule has 0 spiro atoms. The van der Waals surface area contributed by atoms with Crippen LogP contribution in [0.5, 0.6) is 17.2 Å². The van der Waals surface area contributed by atoms with Crippen LogP contribution < -0.4 is 25.1 Å². The van der Waals surface area contributed by atoms with Crippen LogP contribution >= 0.6 is 0 Å². The van der Waals surface area contributed by atoms with E-state index in [0.717, 1.165) is 11.1 Å². The van der Waals surface area contributed by atoms with E-state index in [-0.39, 0.29) is 13.2 Å². The van der Waals surface area contributed by atoms with Gasteiger partial charge < -0.3 is 14.2 Å². The molecule has 1 aliphatic heterocycles. The van der Waals surface area contributed by atoms with Gasteiger partial charge in [-0.1, -0.05) is 18.2 Å². The first-order chi connectivity index (χ1) is 12.5. The summed E-state index contributed by atoms with van der Waals surface area (Å²) in [5.41, 5.74) is 6.84. The Kier molecular flexibility index (Phi) is 5.26. The molecule has 7 heteroatoms. The third kappa shape index (κ3) is 4.24. The molecule has 26 heavy (non-hydrogen) atoms. The molecular formula is C19H20N2O5. The zero-order valence-electron chi connectivity index (χ0n) is 14.6. The van der Waals surface area contributed by atoms with E-state index < -0.39 is 17.9 Å². The topological polar surface area (TPSA) is 85.9 Å². The highest BCUT2D eigenvalue weighted by atomic mass is 16.6. The predicted octanol–water partition coefficient (Wildman–Crippen LogP) is 1.67. The van der Waals surface area contributed by atoms with Crippen molar-refractivity contribution in [2.45, 2.75) is 20.0 Å². The van der Waals surface area contributed by atoms with Crippen molar-refractivity contribution in [2.75, 3.05) is 13.2 Å². The van der Waals surface area contributed by atoms with Crippen molar-refractivity contribution in [3.8, 4) is 17.2 Å². The second-order valence-corrected chi connectivity index (χ2v) is 5.94. The van der Waals surface area contributed by atoms with Crippen molar-refractivity contribution in [3.63, 3.8) is 0 Å². The highest BCUT2D eigenvalue weighted by Crippen LogP contribution is 2.30. The maximum atomic E-state index is 12.1. The molecule has 1 unspecified atom stereocenters. The van der Waals surface area contributed by atoms with Gasteiger partial charge in [0.1, 0.15) is 12.4 Å². The fourth-order valence-corrected chi connectivity index (χ4v) is 2.35. The zero-order chi connectivity index (χ0) is 18.5. The first kappa shape index (κ1) is 17.6. The summed E-state index contributed by atoms with van der Waals surface area (Å²) in [6.45, 7) is 3.81. The summed E-state index contributed by atoms with van der Waals surface area (Å²) in [6, 6.07) is 12.6. The van der Waals surface area contributed by atoms with Crippen LogP contribution in [-0.4, -0.2) is 31.1 Å². The summed E-state index contributed by atoms with van der Waals surface area (Å²) in [5.74, 6) is 0.689. The van der Waals surface area contributed by atoms with Gasteiger partial charge in [0, 0.05) is 0 Å². The number of ether oxygens (including phenoxy) is 3. The molecule has 1 aliphatic rings. The first-order valence-electron chi connectivity index (χ1n) is 8.20. The zero-order valence-corrected chi connectivity index (χ0v) is 14.6. The smallest absolute Gasteiger partial charge is 0.283 e. The van der Waals surface area contributed by atoms with Crippen molar-refractivity contribution in [1.29, 1.82) is 0 Å². The average Bonchev–Trinajstić information content (AvgIpc) is 2.66. The number of carbonyl (C=O) groups excluding carboxylic acids is 2. The maximum absolute atomic E-state index is 12.1. The van der Waals surface area contributed by atoms with Crippen LogP contribution in [0.25, 0.3) is 0 Å². The summed E-state index contributed by atoms with van der Waals surface area (Å²) < 4.78 is 16.4. The van der Waals surface area contributed by atoms with Gasteiger partial charge >= 0.3 is 0 Å². The standard InChI is InChI=1S/C19H20N2O5/c1-12-7-8-14(9-13(12)2)24-11-18(22)20-21-19(23)17-10-25-15-5-3-4-6-16(15)26-17/h3-9,17H,10-11H2,1-2H3,(H,20,22)(H,21,23). The molecular weight excluding hydrogens is 336 g/mol. The molecule has 1 heterocycles. The lowest BCUT2D eigenvalue weighted by molar-refractivity contribution is -0.135. The van der Waals surface area contributed by atoms with Crippen LogP contribution in [0.1, 0.15) is 11.1 Å². The van der Waals surface area contributed by atoms with Crippen molar-refractivity contribution in [1.82, 2.24) is 10.9 Å². The molecule has 2 aromatic rings. The molecule has 0 fully saturated rings. The van der Waals surface area contributed by atoms with Crippen LogP contribution in [0, 0.1) is 13.8 Å². The summed E-state index contributed by atoms with van der Waals surface area (Å²) in [5, 5.41) is 0. The lowest BCUT2D eigenvalue weighted by Gasteiger charge is -2.25. The van der Waals surface area contributed by atoms with E-state index in [4.69, 9.17) is 14.2 Å². The van der Waals surface area contributed by atoms with E-state index >= 15 is 0 Å². The summed E-state index contributed by atoms with van der Waals surface area (Å²) >= 11 is 0. The minimum atomic E-state index is -0.842. The van der Waals surface area contributed by atoms with Gasteiger partial charge in [0.25, 0.3) is 11.8 Å². The highest BCUT2D eigenvalue weighted by molar-refractivity contribution is 5.85. The Morgan fingerprint density at radius 3 is 2.62 bits per heavy atom. The Balaban J connectivity index is 1.44. The normalized spacial score (nSPS) is 15.1. The van der Waals surface area contributed by atoms with E-state index in [2.05, 4.69) is 10.9 Å². The number of hydrogen-bond acceptors (Lipinski definition) is 5. The summed E-state index contributed by atoms with van der Waals surface area (Å²) in [4.78, 5) is 23.9. The van der Waals surface area contributed by atoms with Gasteiger partial charge in [0.15, 0.2) is 18.1 Å². The van der Waals surface area contributed by atoms with Gasteiger partial charge in [0.2, 0.25) is 6.10 Å². The second-order valence-electron chi connectivity index (χ2n) is 5.94. The number of aryl methyl sites for hydroxylation is 2. The second kappa shape index (κ2) is 7.77. The lowest BCUT2D eigenvalue weighted by atomic mass is 10.1. The number of hydrogen-bond donors (Lipinski definition) is 2. The lowest BCUT2D eigenvalue weighted by Crippen LogP contribution is -2.51. The molecule has 3 rings (SSSR count). The number of fused-ring (bicyclic) bond motifs is 1. The Bertz CT molecular complexity index is 821. The monoisotopic (exact) mass is 356 g/mol. The molecule has 0 bridgehead atoms. The van der Waals surface area contributed by atoms with E-state index in [1.54, 1.807) is 24.3 Å². The van der Waals surface area contributed by atoms with Crippen LogP contribution in [0.3, 0.4) is 0 Å². The molecule has 2 amide bonds. The first-order valence-corrected chi connectivity index (χ1v) is 8.20. The number of carbonyl (C=O) groups is 2. The Morgan fingerprint density at radius 1 is 1.08 bits per heavy atom. The van der Waals surface area contributed by atoms with E-state index in [1.807, 2.05) is 32.0 Å². The average molecular weight is 356 g/mol. The summed E-state index contributed by atoms with van der Waals surface area (Å²) in [7, 11) is 0. The molecule has 2 aromatic carbocycles. The number of hydrazine groups is 1.